The molecule has 5 nitrogen and oxygen atoms in total. The van der Waals surface area contributed by atoms with Gasteiger partial charge in [0.15, 0.2) is 0 Å². The standard InChI is InChI=1S/C10H14N2O3/c1-7(6-15-2)12-10(14)8-3-4-11-5-9(8)13/h3-5,7,13H,6H2,1-2H3,(H,12,14). The van der Waals surface area contributed by atoms with Gasteiger partial charge in [-0.2, -0.15) is 0 Å². The lowest BCUT2D eigenvalue weighted by Gasteiger charge is -2.12. The van der Waals surface area contributed by atoms with Gasteiger partial charge in [0, 0.05) is 19.3 Å². The van der Waals surface area contributed by atoms with Crippen molar-refractivity contribution < 1.29 is 14.6 Å². The van der Waals surface area contributed by atoms with Crippen molar-refractivity contribution in [2.75, 3.05) is 13.7 Å². The van der Waals surface area contributed by atoms with Crippen LogP contribution < -0.4 is 5.32 Å². The van der Waals surface area contributed by atoms with E-state index in [1.54, 1.807) is 7.11 Å². The average molecular weight is 210 g/mol. The highest BCUT2D eigenvalue weighted by molar-refractivity contribution is 5.96. The molecule has 0 aliphatic carbocycles. The number of pyridine rings is 1. The minimum atomic E-state index is -0.334. The molecule has 1 atom stereocenters. The molecule has 0 radical (unpaired) electrons. The van der Waals surface area contributed by atoms with Crippen molar-refractivity contribution in [3.63, 3.8) is 0 Å². The number of amides is 1. The lowest BCUT2D eigenvalue weighted by Crippen LogP contribution is -2.35. The number of ether oxygens (including phenoxy) is 1. The molecule has 82 valence electrons. The zero-order valence-electron chi connectivity index (χ0n) is 8.73. The first-order valence-electron chi connectivity index (χ1n) is 4.58. The number of carbonyl (C=O) groups is 1. The molecule has 1 unspecified atom stereocenters. The highest BCUT2D eigenvalue weighted by Crippen LogP contribution is 2.13. The second-order valence-corrected chi connectivity index (χ2v) is 3.22. The second-order valence-electron chi connectivity index (χ2n) is 3.22. The van der Waals surface area contributed by atoms with Gasteiger partial charge in [-0.05, 0) is 13.0 Å². The van der Waals surface area contributed by atoms with Crippen molar-refractivity contribution in [3.8, 4) is 5.75 Å². The molecule has 0 fully saturated rings. The van der Waals surface area contributed by atoms with E-state index in [0.29, 0.717) is 6.61 Å². The molecule has 1 aromatic heterocycles. The molecule has 15 heavy (non-hydrogen) atoms. The van der Waals surface area contributed by atoms with Crippen LogP contribution in [0.4, 0.5) is 0 Å². The van der Waals surface area contributed by atoms with E-state index in [4.69, 9.17) is 4.74 Å². The van der Waals surface area contributed by atoms with E-state index in [2.05, 4.69) is 10.3 Å². The first-order valence-corrected chi connectivity index (χ1v) is 4.58. The Balaban J connectivity index is 2.65. The molecule has 0 spiro atoms. The molecule has 0 aromatic carbocycles. The molecular formula is C10H14N2O3. The lowest BCUT2D eigenvalue weighted by molar-refractivity contribution is 0.0903. The normalized spacial score (nSPS) is 12.1. The van der Waals surface area contributed by atoms with E-state index in [0.717, 1.165) is 0 Å². The van der Waals surface area contributed by atoms with E-state index in [9.17, 15) is 9.90 Å². The first kappa shape index (κ1) is 11.5. The molecule has 5 heteroatoms. The van der Waals surface area contributed by atoms with Gasteiger partial charge < -0.3 is 15.2 Å². The number of nitrogens with one attached hydrogen (secondary N) is 1. The third kappa shape index (κ3) is 3.21. The van der Waals surface area contributed by atoms with Crippen molar-refractivity contribution in [2.24, 2.45) is 0 Å². The van der Waals surface area contributed by atoms with Crippen LogP contribution in [0.25, 0.3) is 0 Å². The third-order valence-corrected chi connectivity index (χ3v) is 1.84. The molecule has 0 bridgehead atoms. The number of nitrogens with zero attached hydrogens (tertiary/aromatic N) is 1. The van der Waals surface area contributed by atoms with Crippen LogP contribution in [-0.4, -0.2) is 35.8 Å². The summed E-state index contributed by atoms with van der Waals surface area (Å²) in [6.45, 7) is 2.25. The Morgan fingerprint density at radius 1 is 1.73 bits per heavy atom. The molecule has 0 saturated heterocycles. The quantitative estimate of drug-likeness (QED) is 0.761. The van der Waals surface area contributed by atoms with Crippen molar-refractivity contribution in [3.05, 3.63) is 24.0 Å². The maximum absolute atomic E-state index is 11.6. The Hall–Kier alpha value is -1.62. The number of carbonyl (C=O) groups excluding carboxylic acids is 1. The molecular weight excluding hydrogens is 196 g/mol. The SMILES string of the molecule is COCC(C)NC(=O)c1ccncc1O. The van der Waals surface area contributed by atoms with Crippen LogP contribution in [0.3, 0.4) is 0 Å². The van der Waals surface area contributed by atoms with Gasteiger partial charge >= 0.3 is 0 Å². The van der Waals surface area contributed by atoms with Crippen LogP contribution in [0.5, 0.6) is 5.75 Å². The van der Waals surface area contributed by atoms with E-state index >= 15 is 0 Å². The summed E-state index contributed by atoms with van der Waals surface area (Å²) >= 11 is 0. The Bertz CT molecular complexity index is 341. The predicted molar refractivity (Wildman–Crippen MR) is 54.7 cm³/mol. The van der Waals surface area contributed by atoms with Crippen molar-refractivity contribution in [1.82, 2.24) is 10.3 Å². The summed E-state index contributed by atoms with van der Waals surface area (Å²) in [4.78, 5) is 15.3. The zero-order chi connectivity index (χ0) is 11.3. The van der Waals surface area contributed by atoms with E-state index in [1.165, 1.54) is 18.5 Å². The highest BCUT2D eigenvalue weighted by atomic mass is 16.5. The number of hydrogen-bond donors (Lipinski definition) is 2. The number of methoxy groups -OCH3 is 1. The fourth-order valence-electron chi connectivity index (χ4n) is 1.17. The summed E-state index contributed by atoms with van der Waals surface area (Å²) in [5.41, 5.74) is 0.216. The predicted octanol–water partition coefficient (Wildman–Crippen LogP) is 0.552. The Morgan fingerprint density at radius 2 is 2.47 bits per heavy atom. The van der Waals surface area contributed by atoms with Gasteiger partial charge in [0.2, 0.25) is 0 Å². The maximum Gasteiger partial charge on any atom is 0.255 e. The molecule has 1 amide bonds. The van der Waals surface area contributed by atoms with Crippen molar-refractivity contribution >= 4 is 5.91 Å². The number of aromatic nitrogens is 1. The smallest absolute Gasteiger partial charge is 0.255 e. The minimum Gasteiger partial charge on any atom is -0.505 e. The molecule has 0 saturated carbocycles. The fourth-order valence-corrected chi connectivity index (χ4v) is 1.17. The topological polar surface area (TPSA) is 71.5 Å². The first-order chi connectivity index (χ1) is 7.15. The van der Waals surface area contributed by atoms with Crippen molar-refractivity contribution in [1.29, 1.82) is 0 Å². The summed E-state index contributed by atoms with van der Waals surface area (Å²) in [5, 5.41) is 12.1. The monoisotopic (exact) mass is 210 g/mol. The molecule has 2 N–H and O–H groups in total. The maximum atomic E-state index is 11.6. The minimum absolute atomic E-state index is 0.102. The molecule has 1 aromatic rings. The largest absolute Gasteiger partial charge is 0.505 e. The number of rotatable bonds is 4. The lowest BCUT2D eigenvalue weighted by atomic mass is 10.2. The Morgan fingerprint density at radius 3 is 3.07 bits per heavy atom. The summed E-state index contributed by atoms with van der Waals surface area (Å²) in [6.07, 6.45) is 2.69. The zero-order valence-corrected chi connectivity index (χ0v) is 8.73. The Labute approximate surface area is 88.1 Å². The molecule has 1 rings (SSSR count). The van der Waals surface area contributed by atoms with Gasteiger partial charge in [0.1, 0.15) is 5.75 Å². The van der Waals surface area contributed by atoms with Crippen LogP contribution in [0.1, 0.15) is 17.3 Å². The third-order valence-electron chi connectivity index (χ3n) is 1.84. The summed E-state index contributed by atoms with van der Waals surface area (Å²) in [7, 11) is 1.56. The van der Waals surface area contributed by atoms with Crippen molar-refractivity contribution in [2.45, 2.75) is 13.0 Å². The van der Waals surface area contributed by atoms with E-state index in [-0.39, 0.29) is 23.3 Å². The van der Waals surface area contributed by atoms with Gasteiger partial charge in [-0.25, -0.2) is 0 Å². The van der Waals surface area contributed by atoms with Crippen LogP contribution in [0, 0.1) is 0 Å². The fraction of sp³-hybridized carbons (Fsp3) is 0.400. The second kappa shape index (κ2) is 5.31. The summed E-state index contributed by atoms with van der Waals surface area (Å²) in [5.74, 6) is -0.459. The van der Waals surface area contributed by atoms with Gasteiger partial charge in [0.05, 0.1) is 18.4 Å². The molecule has 0 aliphatic rings. The van der Waals surface area contributed by atoms with Crippen LogP contribution in [-0.2, 0) is 4.74 Å². The summed E-state index contributed by atoms with van der Waals surface area (Å²) < 4.78 is 4.88. The van der Waals surface area contributed by atoms with Crippen LogP contribution >= 0.6 is 0 Å². The number of hydrogen-bond acceptors (Lipinski definition) is 4. The van der Waals surface area contributed by atoms with E-state index < -0.39 is 0 Å². The highest BCUT2D eigenvalue weighted by Gasteiger charge is 2.12. The van der Waals surface area contributed by atoms with Gasteiger partial charge in [-0.15, -0.1) is 0 Å². The van der Waals surface area contributed by atoms with Gasteiger partial charge in [-0.3, -0.25) is 9.78 Å². The number of aromatic hydroxyl groups is 1. The Kier molecular flexibility index (Phi) is 4.05. The average Bonchev–Trinajstić information content (AvgIpc) is 2.18. The van der Waals surface area contributed by atoms with Crippen LogP contribution in [0.15, 0.2) is 18.5 Å². The van der Waals surface area contributed by atoms with E-state index in [1.807, 2.05) is 6.92 Å². The molecule has 0 aliphatic heterocycles. The van der Waals surface area contributed by atoms with Crippen LogP contribution in [0.2, 0.25) is 0 Å². The van der Waals surface area contributed by atoms with Gasteiger partial charge in [0.25, 0.3) is 5.91 Å². The molecule has 1 heterocycles. The summed E-state index contributed by atoms with van der Waals surface area (Å²) in [6, 6.07) is 1.36. The van der Waals surface area contributed by atoms with Gasteiger partial charge in [-0.1, -0.05) is 0 Å².